The lowest BCUT2D eigenvalue weighted by atomic mass is 9.58. The number of hydrogen-bond acceptors (Lipinski definition) is 2. The lowest BCUT2D eigenvalue weighted by molar-refractivity contribution is -0.0787. The number of piperazine rings is 1. The summed E-state index contributed by atoms with van der Waals surface area (Å²) < 4.78 is 0. The van der Waals surface area contributed by atoms with Gasteiger partial charge in [-0.2, -0.15) is 0 Å². The molecule has 0 amide bonds. The molecule has 1 rings (SSSR count). The van der Waals surface area contributed by atoms with Gasteiger partial charge in [-0.15, -0.1) is 0 Å². The summed E-state index contributed by atoms with van der Waals surface area (Å²) in [6.45, 7) is 31.5. The molecular weight excluding hydrogens is 304 g/mol. The summed E-state index contributed by atoms with van der Waals surface area (Å²) in [5.74, 6) is 1.61. The van der Waals surface area contributed by atoms with Gasteiger partial charge in [-0.05, 0) is 43.4 Å². The van der Waals surface area contributed by atoms with Gasteiger partial charge in [0.05, 0.1) is 0 Å². The maximum absolute atomic E-state index is 2.75. The van der Waals surface area contributed by atoms with Crippen molar-refractivity contribution in [2.45, 2.75) is 101 Å². The molecule has 0 radical (unpaired) electrons. The van der Waals surface area contributed by atoms with Crippen molar-refractivity contribution in [3.8, 4) is 0 Å². The van der Waals surface area contributed by atoms with E-state index in [1.165, 1.54) is 39.0 Å². The standard InChI is InChI=1S/C23H48N2/c1-12-13-18(2)19(3)20(4)24-14-16-25(17-15-24)23(10,11)22(8,9)21(5,6)7/h18-20H,12-17H2,1-11H3. The van der Waals surface area contributed by atoms with E-state index in [-0.39, 0.29) is 11.0 Å². The highest BCUT2D eigenvalue weighted by atomic mass is 15.3. The van der Waals surface area contributed by atoms with E-state index >= 15 is 0 Å². The molecule has 25 heavy (non-hydrogen) atoms. The average molecular weight is 353 g/mol. The van der Waals surface area contributed by atoms with Gasteiger partial charge in [0.15, 0.2) is 0 Å². The monoisotopic (exact) mass is 352 g/mol. The molecule has 1 saturated heterocycles. The van der Waals surface area contributed by atoms with Gasteiger partial charge in [0.1, 0.15) is 0 Å². The van der Waals surface area contributed by atoms with Gasteiger partial charge in [-0.25, -0.2) is 0 Å². The third kappa shape index (κ3) is 4.80. The van der Waals surface area contributed by atoms with E-state index in [2.05, 4.69) is 86.0 Å². The Morgan fingerprint density at radius 3 is 1.68 bits per heavy atom. The van der Waals surface area contributed by atoms with Gasteiger partial charge in [-0.1, -0.05) is 68.2 Å². The Bertz CT molecular complexity index is 397. The van der Waals surface area contributed by atoms with Crippen molar-refractivity contribution in [3.05, 3.63) is 0 Å². The summed E-state index contributed by atoms with van der Waals surface area (Å²) in [5.41, 5.74) is 0.767. The Balaban J connectivity index is 2.72. The first kappa shape index (κ1) is 23.0. The zero-order chi connectivity index (χ0) is 19.6. The highest BCUT2D eigenvalue weighted by Crippen LogP contribution is 2.49. The first-order chi connectivity index (χ1) is 11.3. The maximum Gasteiger partial charge on any atom is 0.0210 e. The fourth-order valence-corrected chi connectivity index (χ4v) is 4.53. The maximum atomic E-state index is 2.75. The summed E-state index contributed by atoms with van der Waals surface area (Å²) in [6.07, 6.45) is 2.67. The molecule has 0 saturated carbocycles. The van der Waals surface area contributed by atoms with Gasteiger partial charge >= 0.3 is 0 Å². The second-order valence-electron chi connectivity index (χ2n) is 10.8. The third-order valence-corrected chi connectivity index (χ3v) is 8.49. The van der Waals surface area contributed by atoms with Gasteiger partial charge in [0.2, 0.25) is 0 Å². The lowest BCUT2D eigenvalue weighted by Crippen LogP contribution is -2.63. The first-order valence-electron chi connectivity index (χ1n) is 10.8. The Kier molecular flexibility index (Phi) is 7.62. The third-order valence-electron chi connectivity index (χ3n) is 8.49. The lowest BCUT2D eigenvalue weighted by Gasteiger charge is -2.57. The molecule has 1 aliphatic heterocycles. The minimum atomic E-state index is 0.210. The Labute approximate surface area is 159 Å². The Morgan fingerprint density at radius 1 is 0.800 bits per heavy atom. The highest BCUT2D eigenvalue weighted by Gasteiger charge is 2.49. The van der Waals surface area contributed by atoms with Crippen molar-refractivity contribution >= 4 is 0 Å². The van der Waals surface area contributed by atoms with Crippen LogP contribution in [-0.4, -0.2) is 47.6 Å². The van der Waals surface area contributed by atoms with Crippen LogP contribution in [0.4, 0.5) is 0 Å². The number of rotatable bonds is 7. The van der Waals surface area contributed by atoms with Gasteiger partial charge in [-0.3, -0.25) is 9.80 Å². The second kappa shape index (κ2) is 8.30. The van der Waals surface area contributed by atoms with Crippen molar-refractivity contribution in [1.29, 1.82) is 0 Å². The predicted molar refractivity (Wildman–Crippen MR) is 113 cm³/mol. The van der Waals surface area contributed by atoms with E-state index in [9.17, 15) is 0 Å². The van der Waals surface area contributed by atoms with E-state index in [1.807, 2.05) is 0 Å². The zero-order valence-electron chi connectivity index (χ0n) is 19.4. The molecule has 0 bridgehead atoms. The van der Waals surface area contributed by atoms with Crippen LogP contribution >= 0.6 is 0 Å². The molecule has 0 aliphatic carbocycles. The molecule has 1 fully saturated rings. The molecule has 0 aromatic rings. The normalized spacial score (nSPS) is 22.7. The molecular formula is C23H48N2. The molecule has 150 valence electrons. The summed E-state index contributed by atoms with van der Waals surface area (Å²) in [6, 6.07) is 0.697. The fraction of sp³-hybridized carbons (Fsp3) is 1.00. The number of nitrogens with zero attached hydrogens (tertiary/aromatic N) is 2. The van der Waals surface area contributed by atoms with Crippen molar-refractivity contribution in [3.63, 3.8) is 0 Å². The Morgan fingerprint density at radius 2 is 1.28 bits per heavy atom. The summed E-state index contributed by atoms with van der Waals surface area (Å²) in [4.78, 5) is 5.50. The second-order valence-corrected chi connectivity index (χ2v) is 10.8. The van der Waals surface area contributed by atoms with Gasteiger partial charge < -0.3 is 0 Å². The van der Waals surface area contributed by atoms with Crippen molar-refractivity contribution in [2.24, 2.45) is 22.7 Å². The topological polar surface area (TPSA) is 6.48 Å². The van der Waals surface area contributed by atoms with Crippen LogP contribution < -0.4 is 0 Å². The van der Waals surface area contributed by atoms with Crippen LogP contribution in [0, 0.1) is 22.7 Å². The highest BCUT2D eigenvalue weighted by molar-refractivity contribution is 5.02. The van der Waals surface area contributed by atoms with E-state index in [1.54, 1.807) is 0 Å². The molecule has 1 aliphatic rings. The van der Waals surface area contributed by atoms with E-state index in [4.69, 9.17) is 0 Å². The van der Waals surface area contributed by atoms with E-state index in [0.29, 0.717) is 11.5 Å². The van der Waals surface area contributed by atoms with E-state index in [0.717, 1.165) is 11.8 Å². The van der Waals surface area contributed by atoms with Crippen molar-refractivity contribution in [2.75, 3.05) is 26.2 Å². The largest absolute Gasteiger partial charge is 0.298 e. The molecule has 3 unspecified atom stereocenters. The van der Waals surface area contributed by atoms with Crippen LogP contribution in [0.5, 0.6) is 0 Å². The van der Waals surface area contributed by atoms with Crippen LogP contribution in [0.3, 0.4) is 0 Å². The van der Waals surface area contributed by atoms with Crippen molar-refractivity contribution in [1.82, 2.24) is 9.80 Å². The van der Waals surface area contributed by atoms with Gasteiger partial charge in [0.25, 0.3) is 0 Å². The minimum Gasteiger partial charge on any atom is -0.298 e. The minimum absolute atomic E-state index is 0.210. The molecule has 0 N–H and O–H groups in total. The smallest absolute Gasteiger partial charge is 0.0210 e. The van der Waals surface area contributed by atoms with Crippen LogP contribution in [0.2, 0.25) is 0 Å². The SMILES string of the molecule is CCCC(C)C(C)C(C)N1CCN(C(C)(C)C(C)(C)C(C)(C)C)CC1. The summed E-state index contributed by atoms with van der Waals surface area (Å²) >= 11 is 0. The summed E-state index contributed by atoms with van der Waals surface area (Å²) in [5, 5.41) is 0. The first-order valence-corrected chi connectivity index (χ1v) is 10.8. The van der Waals surface area contributed by atoms with Gasteiger partial charge in [0, 0.05) is 37.8 Å². The molecule has 1 heterocycles. The predicted octanol–water partition coefficient (Wildman–Crippen LogP) is 5.92. The molecule has 0 aromatic carbocycles. The zero-order valence-corrected chi connectivity index (χ0v) is 19.4. The molecule has 0 aromatic heterocycles. The molecule has 2 heteroatoms. The van der Waals surface area contributed by atoms with Crippen molar-refractivity contribution < 1.29 is 0 Å². The Hall–Kier alpha value is -0.0800. The van der Waals surface area contributed by atoms with E-state index < -0.39 is 0 Å². The average Bonchev–Trinajstić information content (AvgIpc) is 2.52. The van der Waals surface area contributed by atoms with Crippen LogP contribution in [0.1, 0.15) is 89.0 Å². The van der Waals surface area contributed by atoms with Crippen LogP contribution in [0.15, 0.2) is 0 Å². The van der Waals surface area contributed by atoms with Crippen LogP contribution in [0.25, 0.3) is 0 Å². The molecule has 3 atom stereocenters. The fourth-order valence-electron chi connectivity index (χ4n) is 4.53. The summed E-state index contributed by atoms with van der Waals surface area (Å²) in [7, 11) is 0. The molecule has 0 spiro atoms. The quantitative estimate of drug-likeness (QED) is 0.561. The number of hydrogen-bond donors (Lipinski definition) is 0. The molecule has 2 nitrogen and oxygen atoms in total. The van der Waals surface area contributed by atoms with Crippen LogP contribution in [-0.2, 0) is 0 Å².